The summed E-state index contributed by atoms with van der Waals surface area (Å²) in [5.41, 5.74) is 5.53. The summed E-state index contributed by atoms with van der Waals surface area (Å²) in [6.45, 7) is 0. The van der Waals surface area contributed by atoms with E-state index in [1.165, 1.54) is 31.4 Å². The number of thiocarbonyl (C=S) groups is 1. The summed E-state index contributed by atoms with van der Waals surface area (Å²) in [6.07, 6.45) is 4.74. The first-order valence-corrected chi connectivity index (χ1v) is 7.01. The molecule has 2 fully saturated rings. The van der Waals surface area contributed by atoms with Crippen LogP contribution in [-0.4, -0.2) is 11.0 Å². The largest absolute Gasteiger partial charge is 0.389 e. The molecule has 2 aliphatic carbocycles. The van der Waals surface area contributed by atoms with Crippen molar-refractivity contribution in [3.8, 4) is 0 Å². The number of nitrogens with one attached hydrogen (secondary N) is 1. The molecule has 2 nitrogen and oxygen atoms in total. The van der Waals surface area contributed by atoms with Gasteiger partial charge in [0.05, 0.1) is 5.69 Å². The van der Waals surface area contributed by atoms with Crippen molar-refractivity contribution in [3.63, 3.8) is 0 Å². The average Bonchev–Trinajstić information content (AvgIpc) is 2.97. The highest BCUT2D eigenvalue weighted by atomic mass is 32.1. The van der Waals surface area contributed by atoms with Crippen LogP contribution in [0.25, 0.3) is 0 Å². The molecule has 2 aliphatic rings. The van der Waals surface area contributed by atoms with Crippen molar-refractivity contribution < 1.29 is 8.78 Å². The molecule has 0 saturated heterocycles. The zero-order valence-corrected chi connectivity index (χ0v) is 11.3. The molecule has 0 aromatic heterocycles. The van der Waals surface area contributed by atoms with Crippen molar-refractivity contribution in [1.29, 1.82) is 0 Å². The van der Waals surface area contributed by atoms with E-state index < -0.39 is 11.6 Å². The highest BCUT2D eigenvalue weighted by Gasteiger charge is 2.39. The normalized spacial score (nSPS) is 28.6. The minimum Gasteiger partial charge on any atom is -0.389 e. The van der Waals surface area contributed by atoms with Crippen LogP contribution in [0.15, 0.2) is 12.1 Å². The molecule has 1 aromatic rings. The van der Waals surface area contributed by atoms with Crippen molar-refractivity contribution >= 4 is 22.9 Å². The predicted molar refractivity (Wildman–Crippen MR) is 75.1 cm³/mol. The molecule has 0 spiro atoms. The van der Waals surface area contributed by atoms with Crippen molar-refractivity contribution in [2.45, 2.75) is 31.7 Å². The zero-order valence-electron chi connectivity index (χ0n) is 10.5. The van der Waals surface area contributed by atoms with Crippen molar-refractivity contribution in [3.05, 3.63) is 29.3 Å². The number of halogens is 2. The second kappa shape index (κ2) is 4.71. The van der Waals surface area contributed by atoms with Crippen LogP contribution in [0.3, 0.4) is 0 Å². The standard InChI is InChI=1S/C14H16F2N2S/c15-12-9(14(17)19)3-4-10(13(12)16)18-11-6-7-1-2-8(11)5-7/h3-4,7-8,11,18H,1-2,5-6H2,(H2,17,19). The fraction of sp³-hybridized carbons (Fsp3) is 0.500. The molecule has 19 heavy (non-hydrogen) atoms. The Morgan fingerprint density at radius 1 is 1.21 bits per heavy atom. The van der Waals surface area contributed by atoms with Crippen LogP contribution < -0.4 is 11.1 Å². The predicted octanol–water partition coefficient (Wildman–Crippen LogP) is 3.20. The summed E-state index contributed by atoms with van der Waals surface area (Å²) in [7, 11) is 0. The Kier molecular flexibility index (Phi) is 3.17. The van der Waals surface area contributed by atoms with Crippen LogP contribution in [0, 0.1) is 23.5 Å². The molecule has 0 heterocycles. The minimum atomic E-state index is -0.958. The summed E-state index contributed by atoms with van der Waals surface area (Å²) in [5.74, 6) is -0.484. The lowest BCUT2D eigenvalue weighted by Crippen LogP contribution is -2.26. The van der Waals surface area contributed by atoms with Crippen LogP contribution in [0.2, 0.25) is 0 Å². The average molecular weight is 282 g/mol. The third kappa shape index (κ3) is 2.20. The van der Waals surface area contributed by atoms with Gasteiger partial charge in [-0.1, -0.05) is 18.6 Å². The summed E-state index contributed by atoms with van der Waals surface area (Å²) >= 11 is 4.69. The van der Waals surface area contributed by atoms with Crippen molar-refractivity contribution in [2.75, 3.05) is 5.32 Å². The van der Waals surface area contributed by atoms with Crippen LogP contribution in [0.4, 0.5) is 14.5 Å². The molecule has 2 saturated carbocycles. The van der Waals surface area contributed by atoms with Gasteiger partial charge in [0.15, 0.2) is 11.6 Å². The molecule has 3 unspecified atom stereocenters. The van der Waals surface area contributed by atoms with Crippen LogP contribution in [-0.2, 0) is 0 Å². The molecule has 5 heteroatoms. The Labute approximate surface area is 116 Å². The van der Waals surface area contributed by atoms with Gasteiger partial charge in [-0.25, -0.2) is 8.78 Å². The highest BCUT2D eigenvalue weighted by molar-refractivity contribution is 7.80. The highest BCUT2D eigenvalue weighted by Crippen LogP contribution is 2.45. The first-order valence-electron chi connectivity index (χ1n) is 6.60. The van der Waals surface area contributed by atoms with Gasteiger partial charge in [0.2, 0.25) is 0 Å². The van der Waals surface area contributed by atoms with E-state index in [-0.39, 0.29) is 22.3 Å². The third-order valence-corrected chi connectivity index (χ3v) is 4.65. The van der Waals surface area contributed by atoms with Gasteiger partial charge < -0.3 is 11.1 Å². The zero-order chi connectivity index (χ0) is 13.6. The maximum Gasteiger partial charge on any atom is 0.182 e. The van der Waals surface area contributed by atoms with Gasteiger partial charge in [-0.05, 0) is 43.2 Å². The van der Waals surface area contributed by atoms with E-state index in [0.717, 1.165) is 12.3 Å². The van der Waals surface area contributed by atoms with Gasteiger partial charge in [0.1, 0.15) is 4.99 Å². The minimum absolute atomic E-state index is 0.0361. The first kappa shape index (κ1) is 12.8. The van der Waals surface area contributed by atoms with Crippen LogP contribution in [0.1, 0.15) is 31.2 Å². The monoisotopic (exact) mass is 282 g/mol. The number of hydrogen-bond acceptors (Lipinski definition) is 2. The number of hydrogen-bond donors (Lipinski definition) is 2. The topological polar surface area (TPSA) is 38.0 Å². The Bertz CT molecular complexity index is 532. The summed E-state index contributed by atoms with van der Waals surface area (Å²) < 4.78 is 27.8. The van der Waals surface area contributed by atoms with Crippen molar-refractivity contribution in [2.24, 2.45) is 17.6 Å². The lowest BCUT2D eigenvalue weighted by atomic mass is 9.95. The molecule has 3 N–H and O–H groups in total. The van der Waals surface area contributed by atoms with E-state index in [0.29, 0.717) is 5.92 Å². The number of nitrogens with two attached hydrogens (primary N) is 1. The van der Waals surface area contributed by atoms with E-state index in [2.05, 4.69) is 17.5 Å². The van der Waals surface area contributed by atoms with Gasteiger partial charge in [-0.15, -0.1) is 0 Å². The van der Waals surface area contributed by atoms with Crippen LogP contribution in [0.5, 0.6) is 0 Å². The maximum absolute atomic E-state index is 14.0. The number of benzene rings is 1. The summed E-state index contributed by atoms with van der Waals surface area (Å²) in [4.78, 5) is -0.122. The second-order valence-electron chi connectivity index (χ2n) is 5.58. The Balaban J connectivity index is 1.82. The Morgan fingerprint density at radius 2 is 2.00 bits per heavy atom. The Hall–Kier alpha value is -1.23. The number of fused-ring (bicyclic) bond motifs is 2. The first-order chi connectivity index (χ1) is 9.06. The van der Waals surface area contributed by atoms with E-state index >= 15 is 0 Å². The molecular formula is C14H16F2N2S. The molecule has 0 amide bonds. The maximum atomic E-state index is 14.0. The van der Waals surface area contributed by atoms with Gasteiger partial charge in [0.25, 0.3) is 0 Å². The van der Waals surface area contributed by atoms with E-state index in [9.17, 15) is 8.78 Å². The van der Waals surface area contributed by atoms with E-state index in [1.54, 1.807) is 0 Å². The summed E-state index contributed by atoms with van der Waals surface area (Å²) in [6, 6.07) is 3.23. The molecule has 3 atom stereocenters. The van der Waals surface area contributed by atoms with E-state index in [4.69, 9.17) is 5.73 Å². The fourth-order valence-corrected chi connectivity index (χ4v) is 3.63. The molecule has 3 rings (SSSR count). The molecule has 2 bridgehead atoms. The lowest BCUT2D eigenvalue weighted by Gasteiger charge is -2.24. The van der Waals surface area contributed by atoms with Crippen molar-refractivity contribution in [1.82, 2.24) is 0 Å². The quantitative estimate of drug-likeness (QED) is 0.836. The molecule has 0 aliphatic heterocycles. The van der Waals surface area contributed by atoms with Gasteiger partial charge >= 0.3 is 0 Å². The number of rotatable bonds is 3. The third-order valence-electron chi connectivity index (χ3n) is 4.43. The SMILES string of the molecule is NC(=S)c1ccc(NC2CC3CCC2C3)c(F)c1F. The molecular weight excluding hydrogens is 266 g/mol. The number of anilines is 1. The summed E-state index contributed by atoms with van der Waals surface area (Å²) in [5, 5.41) is 3.15. The van der Waals surface area contributed by atoms with Crippen LogP contribution >= 0.6 is 12.2 Å². The van der Waals surface area contributed by atoms with Gasteiger partial charge in [0, 0.05) is 11.6 Å². The molecule has 102 valence electrons. The van der Waals surface area contributed by atoms with Gasteiger partial charge in [-0.2, -0.15) is 0 Å². The van der Waals surface area contributed by atoms with Gasteiger partial charge in [-0.3, -0.25) is 0 Å². The fourth-order valence-electron chi connectivity index (χ4n) is 3.47. The Morgan fingerprint density at radius 3 is 2.58 bits per heavy atom. The molecule has 0 radical (unpaired) electrons. The lowest BCUT2D eigenvalue weighted by molar-refractivity contribution is 0.436. The smallest absolute Gasteiger partial charge is 0.182 e. The van der Waals surface area contributed by atoms with E-state index in [1.807, 2.05) is 0 Å². The molecule has 1 aromatic carbocycles. The second-order valence-corrected chi connectivity index (χ2v) is 6.02.